The van der Waals surface area contributed by atoms with E-state index < -0.39 is 0 Å². The lowest BCUT2D eigenvalue weighted by Gasteiger charge is -2.06. The van der Waals surface area contributed by atoms with Crippen LogP contribution in [-0.4, -0.2) is 4.98 Å². The number of fused-ring (bicyclic) bond motifs is 1. The van der Waals surface area contributed by atoms with Gasteiger partial charge in [0.15, 0.2) is 5.43 Å². The van der Waals surface area contributed by atoms with Gasteiger partial charge < -0.3 is 4.98 Å². The minimum Gasteiger partial charge on any atom is -0.353 e. The van der Waals surface area contributed by atoms with Crippen LogP contribution in [-0.2, 0) is 0 Å². The lowest BCUT2D eigenvalue weighted by molar-refractivity contribution is 1.38. The molecule has 2 aromatic carbocycles. The van der Waals surface area contributed by atoms with Crippen LogP contribution < -0.4 is 5.43 Å². The van der Waals surface area contributed by atoms with E-state index in [0.29, 0.717) is 15.9 Å². The lowest BCUT2D eigenvalue weighted by atomic mass is 10.1. The molecular formula is C15H9BrClNO. The number of halogens is 2. The third kappa shape index (κ3) is 2.31. The third-order valence-corrected chi connectivity index (χ3v) is 3.70. The minimum absolute atomic E-state index is 0.0456. The molecule has 19 heavy (non-hydrogen) atoms. The minimum atomic E-state index is -0.0456. The summed E-state index contributed by atoms with van der Waals surface area (Å²) in [5, 5.41) is 1.11. The Kier molecular flexibility index (Phi) is 3.17. The first-order chi connectivity index (χ1) is 9.15. The molecule has 0 aliphatic heterocycles. The maximum Gasteiger partial charge on any atom is 0.190 e. The van der Waals surface area contributed by atoms with Crippen molar-refractivity contribution in [2.75, 3.05) is 0 Å². The van der Waals surface area contributed by atoms with Crippen molar-refractivity contribution in [3.8, 4) is 11.3 Å². The second-order valence-electron chi connectivity index (χ2n) is 4.22. The van der Waals surface area contributed by atoms with Gasteiger partial charge in [-0.2, -0.15) is 0 Å². The quantitative estimate of drug-likeness (QED) is 0.692. The van der Waals surface area contributed by atoms with Gasteiger partial charge in [-0.1, -0.05) is 57.9 Å². The summed E-state index contributed by atoms with van der Waals surface area (Å²) in [6.45, 7) is 0. The molecule has 0 saturated carbocycles. The van der Waals surface area contributed by atoms with Crippen LogP contribution in [0.3, 0.4) is 0 Å². The van der Waals surface area contributed by atoms with Crippen LogP contribution in [0.4, 0.5) is 0 Å². The maximum atomic E-state index is 12.2. The van der Waals surface area contributed by atoms with Gasteiger partial charge in [0.2, 0.25) is 0 Å². The first kappa shape index (κ1) is 12.5. The zero-order valence-electron chi connectivity index (χ0n) is 9.78. The molecule has 2 nitrogen and oxygen atoms in total. The van der Waals surface area contributed by atoms with Gasteiger partial charge in [0.25, 0.3) is 0 Å². The van der Waals surface area contributed by atoms with Gasteiger partial charge in [-0.05, 0) is 17.7 Å². The Morgan fingerprint density at radius 3 is 2.53 bits per heavy atom. The molecular weight excluding hydrogens is 326 g/mol. The summed E-state index contributed by atoms with van der Waals surface area (Å²) in [5.41, 5.74) is 2.34. The van der Waals surface area contributed by atoms with Gasteiger partial charge in [-0.25, -0.2) is 0 Å². The topological polar surface area (TPSA) is 32.9 Å². The number of rotatable bonds is 1. The van der Waals surface area contributed by atoms with E-state index in [2.05, 4.69) is 20.9 Å². The highest BCUT2D eigenvalue weighted by Crippen LogP contribution is 2.27. The van der Waals surface area contributed by atoms with Crippen LogP contribution in [0.25, 0.3) is 22.2 Å². The number of hydrogen-bond donors (Lipinski definition) is 1. The largest absolute Gasteiger partial charge is 0.353 e. The summed E-state index contributed by atoms with van der Waals surface area (Å²) in [5.74, 6) is 0. The summed E-state index contributed by atoms with van der Waals surface area (Å²) in [6, 6.07) is 14.8. The van der Waals surface area contributed by atoms with E-state index in [4.69, 9.17) is 11.6 Å². The smallest absolute Gasteiger partial charge is 0.190 e. The molecule has 0 amide bonds. The second kappa shape index (κ2) is 4.83. The number of pyridine rings is 1. The Labute approximate surface area is 123 Å². The highest BCUT2D eigenvalue weighted by molar-refractivity contribution is 9.10. The van der Waals surface area contributed by atoms with Crippen LogP contribution in [0.1, 0.15) is 0 Å². The molecule has 1 aromatic heterocycles. The molecule has 0 unspecified atom stereocenters. The number of aromatic nitrogens is 1. The van der Waals surface area contributed by atoms with Crippen molar-refractivity contribution in [3.63, 3.8) is 0 Å². The van der Waals surface area contributed by atoms with Gasteiger partial charge >= 0.3 is 0 Å². The Balaban J connectivity index is 2.34. The average Bonchev–Trinajstić information content (AvgIpc) is 2.41. The molecule has 3 rings (SSSR count). The molecule has 0 radical (unpaired) electrons. The average molecular weight is 335 g/mol. The van der Waals surface area contributed by atoms with Gasteiger partial charge in [0.1, 0.15) is 0 Å². The monoisotopic (exact) mass is 333 g/mol. The van der Waals surface area contributed by atoms with Crippen LogP contribution in [0.15, 0.2) is 57.8 Å². The van der Waals surface area contributed by atoms with E-state index in [9.17, 15) is 4.79 Å². The molecule has 0 fully saturated rings. The summed E-state index contributed by atoms with van der Waals surface area (Å²) in [7, 11) is 0. The van der Waals surface area contributed by atoms with E-state index in [-0.39, 0.29) is 5.43 Å². The summed E-state index contributed by atoms with van der Waals surface area (Å²) in [4.78, 5) is 15.4. The Bertz CT molecular complexity index is 811. The number of hydrogen-bond acceptors (Lipinski definition) is 1. The Morgan fingerprint density at radius 2 is 1.79 bits per heavy atom. The van der Waals surface area contributed by atoms with Gasteiger partial charge in [0.05, 0.1) is 10.5 Å². The summed E-state index contributed by atoms with van der Waals surface area (Å²) in [6.07, 6.45) is 0. The zero-order chi connectivity index (χ0) is 13.4. The Morgan fingerprint density at radius 1 is 1.05 bits per heavy atom. The maximum absolute atomic E-state index is 12.2. The van der Waals surface area contributed by atoms with Crippen molar-refractivity contribution < 1.29 is 0 Å². The molecule has 0 bridgehead atoms. The molecule has 0 saturated heterocycles. The van der Waals surface area contributed by atoms with Gasteiger partial charge in [0, 0.05) is 21.6 Å². The molecule has 0 atom stereocenters. The molecule has 3 aromatic rings. The fraction of sp³-hybridized carbons (Fsp3) is 0. The van der Waals surface area contributed by atoms with Crippen molar-refractivity contribution in [2.45, 2.75) is 0 Å². The fourth-order valence-electron chi connectivity index (χ4n) is 2.05. The lowest BCUT2D eigenvalue weighted by Crippen LogP contribution is -2.03. The van der Waals surface area contributed by atoms with E-state index >= 15 is 0 Å². The predicted octanol–water partition coefficient (Wildman–Crippen LogP) is 4.61. The van der Waals surface area contributed by atoms with E-state index in [0.717, 1.165) is 15.7 Å². The molecule has 0 aliphatic carbocycles. The first-order valence-corrected chi connectivity index (χ1v) is 6.90. The highest BCUT2D eigenvalue weighted by Gasteiger charge is 2.08. The van der Waals surface area contributed by atoms with E-state index in [1.54, 1.807) is 18.2 Å². The number of aromatic amines is 1. The number of nitrogens with one attached hydrogen (secondary N) is 1. The van der Waals surface area contributed by atoms with Crippen LogP contribution in [0, 0.1) is 0 Å². The molecule has 1 N–H and O–H groups in total. The zero-order valence-corrected chi connectivity index (χ0v) is 12.1. The second-order valence-corrected chi connectivity index (χ2v) is 5.55. The number of benzene rings is 2. The number of H-pyrrole nitrogens is 1. The normalized spacial score (nSPS) is 10.8. The van der Waals surface area contributed by atoms with Crippen molar-refractivity contribution in [1.29, 1.82) is 0 Å². The fourth-order valence-corrected chi connectivity index (χ4v) is 2.90. The highest BCUT2D eigenvalue weighted by atomic mass is 79.9. The van der Waals surface area contributed by atoms with Gasteiger partial charge in [-0.3, -0.25) is 4.79 Å². The third-order valence-electron chi connectivity index (χ3n) is 2.94. The van der Waals surface area contributed by atoms with E-state index in [1.165, 1.54) is 0 Å². The SMILES string of the molecule is O=c1cc(-c2ccccc2)[nH]c2c(Cl)cc(Br)cc12. The van der Waals surface area contributed by atoms with Crippen LogP contribution >= 0.6 is 27.5 Å². The van der Waals surface area contributed by atoms with Crippen molar-refractivity contribution >= 4 is 38.4 Å². The predicted molar refractivity (Wildman–Crippen MR) is 82.7 cm³/mol. The standard InChI is InChI=1S/C15H9BrClNO/c16-10-6-11-14(19)8-13(9-4-2-1-3-5-9)18-15(11)12(17)7-10/h1-8H,(H,18,19). The van der Waals surface area contributed by atoms with Gasteiger partial charge in [-0.15, -0.1) is 0 Å². The molecule has 0 aliphatic rings. The van der Waals surface area contributed by atoms with Crippen LogP contribution in [0.2, 0.25) is 5.02 Å². The Hall–Kier alpha value is -1.58. The van der Waals surface area contributed by atoms with E-state index in [1.807, 2.05) is 30.3 Å². The van der Waals surface area contributed by atoms with Crippen molar-refractivity contribution in [2.24, 2.45) is 0 Å². The molecule has 94 valence electrons. The molecule has 4 heteroatoms. The van der Waals surface area contributed by atoms with Crippen LogP contribution in [0.5, 0.6) is 0 Å². The van der Waals surface area contributed by atoms with Crippen molar-refractivity contribution in [1.82, 2.24) is 4.98 Å². The summed E-state index contributed by atoms with van der Waals surface area (Å²) >= 11 is 9.54. The first-order valence-electron chi connectivity index (χ1n) is 5.72. The summed E-state index contributed by atoms with van der Waals surface area (Å²) < 4.78 is 0.794. The van der Waals surface area contributed by atoms with Crippen molar-refractivity contribution in [3.05, 3.63) is 68.2 Å². The molecule has 1 heterocycles. The molecule has 0 spiro atoms.